The fraction of sp³-hybridized carbons (Fsp3) is 0.324. The van der Waals surface area contributed by atoms with E-state index in [4.69, 9.17) is 32.8 Å². The number of carbonyl (C=O) groups excluding carboxylic acids is 1. The molecule has 0 fully saturated rings. The Morgan fingerprint density at radius 2 is 1.58 bits per heavy atom. The Balaban J connectivity index is 0.000000206. The highest BCUT2D eigenvalue weighted by atomic mass is 35.7. The molecule has 6 rings (SSSR count). The number of anilines is 2. The maximum absolute atomic E-state index is 12.9. The van der Waals surface area contributed by atoms with Gasteiger partial charge in [-0.05, 0) is 69.1 Å². The molecule has 16 heteroatoms. The summed E-state index contributed by atoms with van der Waals surface area (Å²) in [5, 5.41) is 9.66. The van der Waals surface area contributed by atoms with Crippen LogP contribution in [0.2, 0.25) is 0 Å². The van der Waals surface area contributed by atoms with Gasteiger partial charge in [-0.2, -0.15) is 27.1 Å². The van der Waals surface area contributed by atoms with Gasteiger partial charge in [-0.15, -0.1) is 0 Å². The number of allylic oxidation sites excluding steroid dienone is 2. The van der Waals surface area contributed by atoms with Crippen molar-refractivity contribution >= 4 is 39.5 Å². The van der Waals surface area contributed by atoms with Gasteiger partial charge in [0.1, 0.15) is 17.0 Å². The number of ketones is 1. The Hall–Kier alpha value is -4.51. The minimum absolute atomic E-state index is 0.0373. The second kappa shape index (κ2) is 15.6. The molecule has 3 aromatic rings. The summed E-state index contributed by atoms with van der Waals surface area (Å²) in [6.07, 6.45) is 1.82. The number of Topliss-reactive ketones (excluding diaryl/α,β-unsaturated/α-hetero) is 1. The fourth-order valence-electron chi connectivity index (χ4n) is 5.59. The van der Waals surface area contributed by atoms with Crippen molar-refractivity contribution in [1.29, 1.82) is 0 Å². The average Bonchev–Trinajstić information content (AvgIpc) is 3.01. The number of benzene rings is 2. The van der Waals surface area contributed by atoms with E-state index in [0.717, 1.165) is 41.4 Å². The number of aryl methyl sites for hydroxylation is 2. The smallest absolute Gasteiger partial charge is 0.417 e. The number of halogens is 4. The van der Waals surface area contributed by atoms with E-state index < -0.39 is 27.6 Å². The predicted octanol–water partition coefficient (Wildman–Crippen LogP) is 3.02. The van der Waals surface area contributed by atoms with E-state index in [2.05, 4.69) is 29.8 Å². The molecule has 1 atom stereocenters. The monoisotopic (exact) mass is 720 g/mol. The summed E-state index contributed by atoms with van der Waals surface area (Å²) in [7, 11) is -4.69. The number of aliphatic imine (C=N–C) groups is 1. The molecule has 2 aliphatic carbocycles. The highest BCUT2D eigenvalue weighted by Crippen LogP contribution is 2.42. The van der Waals surface area contributed by atoms with Crippen LogP contribution in [0.1, 0.15) is 43.9 Å². The van der Waals surface area contributed by atoms with Gasteiger partial charge in [0, 0.05) is 54.5 Å². The summed E-state index contributed by atoms with van der Waals surface area (Å²) < 4.78 is 82.4. The Bertz CT molecular complexity index is 1960. The third kappa shape index (κ3) is 9.18. The largest absolute Gasteiger partial charge is 0.453 e. The van der Waals surface area contributed by atoms with Crippen molar-refractivity contribution in [2.24, 2.45) is 4.99 Å². The number of hydrogen-bond acceptors (Lipinski definition) is 12. The summed E-state index contributed by atoms with van der Waals surface area (Å²) in [6.45, 7) is 12.0. The molecule has 2 aromatic carbocycles. The van der Waals surface area contributed by atoms with Crippen LogP contribution >= 0.6 is 0 Å². The van der Waals surface area contributed by atoms with E-state index >= 15 is 0 Å². The molecule has 2 heterocycles. The van der Waals surface area contributed by atoms with Crippen LogP contribution in [0.4, 0.5) is 30.2 Å². The first kappa shape index (κ1) is 38.3. The van der Waals surface area contributed by atoms with Crippen molar-refractivity contribution < 1.29 is 56.0 Å². The number of rotatable bonds is 6. The van der Waals surface area contributed by atoms with E-state index in [1.807, 2.05) is 44.2 Å². The number of fused-ring (bicyclic) bond motifs is 4. The number of nitrogens with zero attached hydrogens (tertiary/aromatic N) is 1. The van der Waals surface area contributed by atoms with Gasteiger partial charge in [0.2, 0.25) is 0 Å². The molecule has 3 aliphatic rings. The van der Waals surface area contributed by atoms with Crippen LogP contribution < -0.4 is 40.3 Å². The van der Waals surface area contributed by atoms with Gasteiger partial charge >= 0.3 is 11.8 Å². The molecule has 0 amide bonds. The first-order chi connectivity index (χ1) is 23.4. The summed E-state index contributed by atoms with van der Waals surface area (Å²) in [5.41, 5.74) is 4.52. The van der Waals surface area contributed by atoms with Crippen LogP contribution in [0.5, 0.6) is 5.75 Å². The van der Waals surface area contributed by atoms with Crippen molar-refractivity contribution in [3.8, 4) is 5.75 Å². The second-order valence-electron chi connectivity index (χ2n) is 11.2. The molecule has 12 nitrogen and oxygen atoms in total. The minimum atomic E-state index is -4.69. The summed E-state index contributed by atoms with van der Waals surface area (Å²) in [5.74, 6) is 1.49. The lowest BCUT2D eigenvalue weighted by molar-refractivity contribution is -1.92. The Morgan fingerprint density at radius 3 is 2.18 bits per heavy atom. The van der Waals surface area contributed by atoms with Crippen molar-refractivity contribution in [2.45, 2.75) is 53.3 Å². The molecule has 0 radical (unpaired) electrons. The zero-order valence-corrected chi connectivity index (χ0v) is 28.5. The van der Waals surface area contributed by atoms with Crippen LogP contribution in [-0.4, -0.2) is 41.8 Å². The molecular formula is C34H36ClF3N4O8. The van der Waals surface area contributed by atoms with E-state index in [1.165, 1.54) is 12.1 Å². The molecule has 1 unspecified atom stereocenters. The summed E-state index contributed by atoms with van der Waals surface area (Å²) >= 11 is 0. The maximum Gasteiger partial charge on any atom is 0.417 e. The number of carbonyl (C=O) groups is 1. The van der Waals surface area contributed by atoms with E-state index in [1.54, 1.807) is 6.92 Å². The molecule has 0 spiro atoms. The van der Waals surface area contributed by atoms with Crippen molar-refractivity contribution in [3.63, 3.8) is 0 Å². The number of nitrogens with one attached hydrogen (secondary N) is 3. The molecule has 1 aromatic heterocycles. The van der Waals surface area contributed by atoms with Gasteiger partial charge in [0.15, 0.2) is 17.3 Å². The molecule has 4 N–H and O–H groups in total. The molecule has 0 saturated heterocycles. The van der Waals surface area contributed by atoms with Crippen LogP contribution in [-0.2, 0) is 11.0 Å². The molecule has 1 aliphatic heterocycles. The molecule has 50 heavy (non-hydrogen) atoms. The van der Waals surface area contributed by atoms with Crippen molar-refractivity contribution in [1.82, 2.24) is 5.32 Å². The van der Waals surface area contributed by atoms with Crippen LogP contribution in [0.15, 0.2) is 79.7 Å². The van der Waals surface area contributed by atoms with Gasteiger partial charge in [-0.1, -0.05) is 19.1 Å². The lowest BCUT2D eigenvalue weighted by Crippen LogP contribution is -2.58. The summed E-state index contributed by atoms with van der Waals surface area (Å²) in [4.78, 5) is 28.7. The molecular weight excluding hydrogens is 685 g/mol. The maximum atomic E-state index is 12.9. The number of likely N-dealkylation sites (N-methyl/N-ethyl adjacent to an activating group) is 1. The zero-order valence-electron chi connectivity index (χ0n) is 27.8. The number of hydrogen-bond donors (Lipinski definition) is 4. The van der Waals surface area contributed by atoms with E-state index in [9.17, 15) is 22.8 Å². The first-order valence-corrected chi connectivity index (χ1v) is 16.8. The topological polar surface area (TPSA) is 194 Å². The Kier molecular flexibility index (Phi) is 11.9. The summed E-state index contributed by atoms with van der Waals surface area (Å²) in [6, 6.07) is 7.24. The quantitative estimate of drug-likeness (QED) is 0.274. The predicted molar refractivity (Wildman–Crippen MR) is 173 cm³/mol. The van der Waals surface area contributed by atoms with Gasteiger partial charge < -0.3 is 25.1 Å². The first-order valence-electron chi connectivity index (χ1n) is 15.5. The highest BCUT2D eigenvalue weighted by molar-refractivity contribution is 6.31. The van der Waals surface area contributed by atoms with E-state index in [0.29, 0.717) is 47.3 Å². The van der Waals surface area contributed by atoms with Crippen LogP contribution in [0.3, 0.4) is 0 Å². The fourth-order valence-corrected chi connectivity index (χ4v) is 5.59. The van der Waals surface area contributed by atoms with Crippen molar-refractivity contribution in [2.75, 3.05) is 30.3 Å². The van der Waals surface area contributed by atoms with Gasteiger partial charge in [-0.25, -0.2) is 9.79 Å². The standard InChI is InChI=1S/C21H23N3O2.C13H12F3NO2.ClHO4/c1-4-22-14-10-18-16(9-12(14)3)24-21-19(26-18)11-15(23-5-2)13-7-6-8-17(25)20(13)21;1-3-17-10-6-11-8(4-7(10)2)9(13(14,15)16)5-12(18)19-11;2-1(3,4)5/h6-7,9-11,15,22-23H,4-5,8H2,1-3H3;4-6,17H,3H2,1-2H3;(H,2,3,4,5). The Labute approximate surface area is 287 Å². The average molecular weight is 721 g/mol. The zero-order chi connectivity index (χ0) is 37.0. The minimum Gasteiger partial charge on any atom is -0.453 e. The number of alkyl halides is 3. The third-order valence-corrected chi connectivity index (χ3v) is 7.60. The lowest BCUT2D eigenvalue weighted by atomic mass is 9.83. The molecule has 0 saturated carbocycles. The van der Waals surface area contributed by atoms with Gasteiger partial charge in [0.25, 0.3) is 0 Å². The van der Waals surface area contributed by atoms with Crippen LogP contribution in [0.25, 0.3) is 11.0 Å². The van der Waals surface area contributed by atoms with E-state index in [-0.39, 0.29) is 22.8 Å². The highest BCUT2D eigenvalue weighted by Gasteiger charge is 2.36. The van der Waals surface area contributed by atoms with Gasteiger partial charge in [-0.3, -0.25) is 4.79 Å². The normalized spacial score (nSPS) is 16.4. The number of ether oxygens (including phenoxy) is 1. The third-order valence-electron chi connectivity index (χ3n) is 7.60. The SMILES string of the molecule is CCNc1cc2c(cc1C)N=C1C(=CC(NCC)C3=C1C(=O)CC=C3)O2.CCNc1cc2oc(=O)cc(C(F)(F)F)c2cc1C.[O-][Cl+3]([O-])([O-])O. The van der Waals surface area contributed by atoms with Gasteiger partial charge in [0.05, 0.1) is 32.1 Å². The second-order valence-corrected chi connectivity index (χ2v) is 12.0. The van der Waals surface area contributed by atoms with Crippen LogP contribution in [0, 0.1) is 24.1 Å². The molecule has 0 bridgehead atoms. The lowest BCUT2D eigenvalue weighted by Gasteiger charge is -2.31. The van der Waals surface area contributed by atoms with Crippen molar-refractivity contribution in [3.05, 3.63) is 92.6 Å². The Morgan fingerprint density at radius 1 is 0.960 bits per heavy atom. The molecule has 268 valence electrons.